The van der Waals surface area contributed by atoms with Crippen LogP contribution in [-0.4, -0.2) is 52.4 Å². The van der Waals surface area contributed by atoms with Crippen molar-refractivity contribution in [3.63, 3.8) is 0 Å². The van der Waals surface area contributed by atoms with Gasteiger partial charge in [0.1, 0.15) is 11.3 Å². The molecule has 2 aromatic rings. The lowest BCUT2D eigenvalue weighted by molar-refractivity contribution is -0.148. The van der Waals surface area contributed by atoms with Crippen LogP contribution in [0, 0.1) is 25.7 Å². The number of carbonyl (C=O) groups excluding carboxylic acids is 2. The van der Waals surface area contributed by atoms with Crippen molar-refractivity contribution in [3.05, 3.63) is 39.2 Å². The van der Waals surface area contributed by atoms with Crippen LogP contribution in [0.4, 0.5) is 0 Å². The minimum absolute atomic E-state index is 0.0658. The Bertz CT molecular complexity index is 1150. The zero-order valence-corrected chi connectivity index (χ0v) is 18.7. The number of aryl methyl sites for hydroxylation is 2. The Morgan fingerprint density at radius 1 is 1.16 bits per heavy atom. The lowest BCUT2D eigenvalue weighted by Gasteiger charge is -2.52. The fourth-order valence-corrected chi connectivity index (χ4v) is 6.07. The second kappa shape index (κ2) is 7.94. The molecule has 1 aromatic heterocycles. The fourth-order valence-electron chi connectivity index (χ4n) is 6.07. The number of fused-ring (bicyclic) bond motifs is 5. The van der Waals surface area contributed by atoms with Crippen LogP contribution in [0.15, 0.2) is 21.3 Å². The van der Waals surface area contributed by atoms with Crippen molar-refractivity contribution in [2.24, 2.45) is 11.8 Å². The molecule has 0 radical (unpaired) electrons. The second-order valence-corrected chi connectivity index (χ2v) is 9.75. The van der Waals surface area contributed by atoms with E-state index in [1.54, 1.807) is 19.1 Å². The molecular weight excluding hydrogens is 408 g/mol. The van der Waals surface area contributed by atoms with Crippen molar-refractivity contribution in [2.45, 2.75) is 58.4 Å². The van der Waals surface area contributed by atoms with Gasteiger partial charge in [-0.2, -0.15) is 0 Å². The zero-order valence-electron chi connectivity index (χ0n) is 18.7. The highest BCUT2D eigenvalue weighted by molar-refractivity contribution is 5.85. The molecule has 0 saturated carbocycles. The molecule has 3 aliphatic heterocycles. The summed E-state index contributed by atoms with van der Waals surface area (Å²) in [7, 11) is 0. The van der Waals surface area contributed by atoms with E-state index < -0.39 is 5.63 Å². The van der Waals surface area contributed by atoms with Gasteiger partial charge in [0.05, 0.1) is 0 Å². The monoisotopic (exact) mass is 438 g/mol. The highest BCUT2D eigenvalue weighted by Crippen LogP contribution is 2.38. The number of carbonyl (C=O) groups is 2. The van der Waals surface area contributed by atoms with Gasteiger partial charge in [0.2, 0.25) is 11.8 Å². The Morgan fingerprint density at radius 2 is 1.97 bits per heavy atom. The number of phenols is 1. The first-order valence-corrected chi connectivity index (χ1v) is 11.7. The fraction of sp³-hybridized carbons (Fsp3) is 0.560. The molecule has 2 amide bonds. The lowest BCUT2D eigenvalue weighted by atomic mass is 9.76. The van der Waals surface area contributed by atoms with E-state index in [0.717, 1.165) is 36.8 Å². The third-order valence-electron chi connectivity index (χ3n) is 7.80. The predicted octanol–water partition coefficient (Wildman–Crippen LogP) is 2.91. The number of likely N-dealkylation sites (tertiary alicyclic amines) is 1. The highest BCUT2D eigenvalue weighted by atomic mass is 16.4. The summed E-state index contributed by atoms with van der Waals surface area (Å²) < 4.78 is 5.52. The molecule has 1 N–H and O–H groups in total. The van der Waals surface area contributed by atoms with Gasteiger partial charge < -0.3 is 19.3 Å². The van der Waals surface area contributed by atoms with Crippen molar-refractivity contribution in [2.75, 3.05) is 19.6 Å². The van der Waals surface area contributed by atoms with Crippen molar-refractivity contribution in [3.8, 4) is 5.75 Å². The number of benzene rings is 1. The van der Waals surface area contributed by atoms with E-state index in [4.69, 9.17) is 4.42 Å². The van der Waals surface area contributed by atoms with Crippen molar-refractivity contribution in [1.29, 1.82) is 0 Å². The van der Waals surface area contributed by atoms with Crippen LogP contribution >= 0.6 is 0 Å². The molecule has 1 unspecified atom stereocenters. The summed E-state index contributed by atoms with van der Waals surface area (Å²) in [6.45, 7) is 5.75. The smallest absolute Gasteiger partial charge is 0.339 e. The summed E-state index contributed by atoms with van der Waals surface area (Å²) >= 11 is 0. The number of aromatic hydroxyl groups is 1. The van der Waals surface area contributed by atoms with Crippen LogP contribution in [0.25, 0.3) is 11.0 Å². The second-order valence-electron chi connectivity index (χ2n) is 9.75. The summed E-state index contributed by atoms with van der Waals surface area (Å²) in [5.74, 6) is 1.14. The third-order valence-corrected chi connectivity index (χ3v) is 7.80. The van der Waals surface area contributed by atoms with Crippen LogP contribution in [0.1, 0.15) is 48.8 Å². The van der Waals surface area contributed by atoms with Crippen LogP contribution < -0.4 is 5.63 Å². The number of piperidine rings is 3. The molecule has 1 aromatic carbocycles. The maximum absolute atomic E-state index is 13.1. The first-order chi connectivity index (χ1) is 15.3. The van der Waals surface area contributed by atoms with Crippen molar-refractivity contribution < 1.29 is 19.1 Å². The summed E-state index contributed by atoms with van der Waals surface area (Å²) in [6.07, 6.45) is 4.34. The first-order valence-electron chi connectivity index (χ1n) is 11.7. The number of nitrogens with zero attached hydrogens (tertiary/aromatic N) is 2. The number of hydrogen-bond acceptors (Lipinski definition) is 5. The number of phenolic OH excluding ortho intramolecular Hbond substituents is 1. The summed E-state index contributed by atoms with van der Waals surface area (Å²) in [5, 5.41) is 10.7. The zero-order chi connectivity index (χ0) is 22.6. The van der Waals surface area contributed by atoms with Crippen molar-refractivity contribution in [1.82, 2.24) is 9.80 Å². The van der Waals surface area contributed by atoms with Gasteiger partial charge >= 0.3 is 5.63 Å². The van der Waals surface area contributed by atoms with Crippen LogP contribution in [0.5, 0.6) is 5.75 Å². The van der Waals surface area contributed by atoms with Crippen LogP contribution in [0.2, 0.25) is 0 Å². The highest BCUT2D eigenvalue weighted by Gasteiger charge is 2.44. The van der Waals surface area contributed by atoms with Crippen molar-refractivity contribution >= 4 is 22.8 Å². The van der Waals surface area contributed by atoms with Gasteiger partial charge in [-0.25, -0.2) is 4.79 Å². The maximum Gasteiger partial charge on any atom is 0.339 e. The van der Waals surface area contributed by atoms with E-state index in [-0.39, 0.29) is 30.0 Å². The molecule has 3 saturated heterocycles. The standard InChI is InChI=1S/C25H30N2O5/c1-14-18-6-8-21(28)15(2)24(18)32-25(31)19(14)7-9-22(29)26-11-16-10-17(13-26)20-4-3-5-23(30)27(20)12-16/h6,8,16-17,20,28H,3-5,7,9-13H2,1-2H3/t16-,17+,20?/m1/s1. The Labute approximate surface area is 187 Å². The minimum atomic E-state index is -0.441. The Balaban J connectivity index is 1.30. The average Bonchev–Trinajstić information content (AvgIpc) is 2.77. The molecule has 0 spiro atoms. The molecule has 170 valence electrons. The predicted molar refractivity (Wildman–Crippen MR) is 119 cm³/mol. The molecule has 4 heterocycles. The van der Waals surface area contributed by atoms with E-state index in [1.165, 1.54) is 0 Å². The maximum atomic E-state index is 13.1. The van der Waals surface area contributed by atoms with Crippen LogP contribution in [0.3, 0.4) is 0 Å². The topological polar surface area (TPSA) is 91.1 Å². The molecule has 7 nitrogen and oxygen atoms in total. The molecule has 3 atom stereocenters. The normalized spacial score (nSPS) is 25.2. The molecule has 32 heavy (non-hydrogen) atoms. The molecular formula is C25H30N2O5. The van der Waals surface area contributed by atoms with E-state index in [0.29, 0.717) is 54.5 Å². The van der Waals surface area contributed by atoms with Gasteiger partial charge in [-0.1, -0.05) is 0 Å². The minimum Gasteiger partial charge on any atom is -0.508 e. The number of amides is 2. The van der Waals surface area contributed by atoms with Gasteiger partial charge in [0.25, 0.3) is 0 Å². The van der Waals surface area contributed by atoms with Gasteiger partial charge in [-0.3, -0.25) is 9.59 Å². The summed E-state index contributed by atoms with van der Waals surface area (Å²) in [4.78, 5) is 42.1. The molecule has 7 heteroatoms. The molecule has 3 aliphatic rings. The van der Waals surface area contributed by atoms with Crippen LogP contribution in [-0.2, 0) is 16.0 Å². The number of hydrogen-bond donors (Lipinski definition) is 1. The van der Waals surface area contributed by atoms with E-state index in [1.807, 2.05) is 11.8 Å². The molecule has 2 bridgehead atoms. The molecule has 5 rings (SSSR count). The largest absolute Gasteiger partial charge is 0.508 e. The third kappa shape index (κ3) is 3.48. The SMILES string of the molecule is Cc1c(CCC(=O)N2C[C@H]3C[C@@H](C2)C2CCCC(=O)N2C3)c(=O)oc2c(C)c(O)ccc12. The quantitative estimate of drug-likeness (QED) is 0.744. The Morgan fingerprint density at radius 3 is 2.78 bits per heavy atom. The average molecular weight is 439 g/mol. The van der Waals surface area contributed by atoms with Gasteiger partial charge in [0, 0.05) is 55.0 Å². The van der Waals surface area contributed by atoms with E-state index in [9.17, 15) is 19.5 Å². The van der Waals surface area contributed by atoms with Gasteiger partial charge in [0.15, 0.2) is 0 Å². The molecule has 0 aliphatic carbocycles. The Hall–Kier alpha value is -2.83. The molecule has 3 fully saturated rings. The van der Waals surface area contributed by atoms with Gasteiger partial charge in [-0.05, 0) is 69.1 Å². The summed E-state index contributed by atoms with van der Waals surface area (Å²) in [5.41, 5.74) is 1.83. The summed E-state index contributed by atoms with van der Waals surface area (Å²) in [6, 6.07) is 3.63. The van der Waals surface area contributed by atoms with E-state index >= 15 is 0 Å². The number of rotatable bonds is 3. The Kier molecular flexibility index (Phi) is 5.22. The van der Waals surface area contributed by atoms with Gasteiger partial charge in [-0.15, -0.1) is 0 Å². The first kappa shape index (κ1) is 21.0. The lowest BCUT2D eigenvalue weighted by Crippen LogP contribution is -2.61. The van der Waals surface area contributed by atoms with E-state index in [2.05, 4.69) is 4.90 Å².